The molecule has 0 aliphatic carbocycles. The molecule has 0 aromatic heterocycles. The maximum Gasteiger partial charge on any atom is 0.160 e. The molecule has 12 unspecified atom stereocenters. The van der Waals surface area contributed by atoms with Crippen molar-refractivity contribution in [3.8, 4) is 0 Å². The summed E-state index contributed by atoms with van der Waals surface area (Å²) in [5.41, 5.74) is 0. The second-order valence-electron chi connectivity index (χ2n) is 21.8. The van der Waals surface area contributed by atoms with E-state index in [1.54, 1.807) is 0 Å². The lowest BCUT2D eigenvalue weighted by Crippen LogP contribution is -2.28. The number of ether oxygens (including phenoxy) is 3. The molecule has 0 spiro atoms. The van der Waals surface area contributed by atoms with Gasteiger partial charge >= 0.3 is 0 Å². The molecule has 368 valence electrons. The molecule has 0 amide bonds. The van der Waals surface area contributed by atoms with Crippen molar-refractivity contribution in [2.24, 2.45) is 47.3 Å². The van der Waals surface area contributed by atoms with E-state index in [4.69, 9.17) is 37.4 Å². The summed E-state index contributed by atoms with van der Waals surface area (Å²) in [6, 6.07) is 0. The van der Waals surface area contributed by atoms with Crippen LogP contribution in [0.4, 0.5) is 0 Å². The van der Waals surface area contributed by atoms with E-state index in [-0.39, 0.29) is 23.3 Å². The van der Waals surface area contributed by atoms with E-state index in [0.717, 1.165) is 100 Å². The summed E-state index contributed by atoms with van der Waals surface area (Å²) in [5, 5.41) is 0.556. The molecule has 61 heavy (non-hydrogen) atoms. The highest BCUT2D eigenvalue weighted by Gasteiger charge is 2.22. The van der Waals surface area contributed by atoms with Gasteiger partial charge in [-0.2, -0.15) is 0 Å². The molecule has 0 aliphatic rings. The highest BCUT2D eigenvalue weighted by atomic mass is 35.5. The molecule has 0 heterocycles. The quantitative estimate of drug-likeness (QED) is 0.0346. The third kappa shape index (κ3) is 41.6. The molecule has 0 bridgehead atoms. The lowest BCUT2D eigenvalue weighted by molar-refractivity contribution is -0.250. The predicted molar refractivity (Wildman–Crippen MR) is 274 cm³/mol. The molecule has 0 rings (SSSR count). The summed E-state index contributed by atoms with van der Waals surface area (Å²) in [7, 11) is 0. The minimum atomic E-state index is -0.174. The molecule has 0 saturated heterocycles. The van der Waals surface area contributed by atoms with Gasteiger partial charge in [0.15, 0.2) is 12.6 Å². The van der Waals surface area contributed by atoms with E-state index >= 15 is 0 Å². The first-order valence-electron chi connectivity index (χ1n) is 27.3. The zero-order chi connectivity index (χ0) is 45.7. The fourth-order valence-corrected chi connectivity index (χ4v) is 11.4. The summed E-state index contributed by atoms with van der Waals surface area (Å²) in [6.07, 6.45) is 37.5. The van der Waals surface area contributed by atoms with Gasteiger partial charge in [-0.25, -0.2) is 0 Å². The molecular formula is C56H112Cl2O3. The second kappa shape index (κ2) is 41.9. The van der Waals surface area contributed by atoms with Gasteiger partial charge in [0.2, 0.25) is 0 Å². The molecule has 0 radical (unpaired) electrons. The largest absolute Gasteiger partial charge is 0.353 e. The van der Waals surface area contributed by atoms with Crippen LogP contribution in [0.2, 0.25) is 0 Å². The first-order valence-corrected chi connectivity index (χ1v) is 28.2. The topological polar surface area (TPSA) is 27.7 Å². The Hall–Kier alpha value is 0.460. The lowest BCUT2D eigenvalue weighted by atomic mass is 9.83. The maximum absolute atomic E-state index is 6.89. The number of rotatable bonds is 46. The van der Waals surface area contributed by atoms with Gasteiger partial charge in [0.05, 0.1) is 0 Å². The van der Waals surface area contributed by atoms with Crippen LogP contribution in [0.25, 0.3) is 0 Å². The summed E-state index contributed by atoms with van der Waals surface area (Å²) < 4.78 is 20.2. The van der Waals surface area contributed by atoms with Gasteiger partial charge in [-0.1, -0.05) is 172 Å². The molecule has 0 aromatic carbocycles. The first-order chi connectivity index (χ1) is 29.1. The standard InChI is InChI=1S/C56H112Cl2O3/c1-13-15-17-19-21-23-25-27-35-59-55(33-29-31-45(3)37-47(5)39-49(7)41-51(9)43-53(11)57)61-56(60-36-28-26-24-22-20-18-16-14-2)34-30-32-46(4)38-48(6)40-50(8)42-52(10)44-54(12)58/h45-56H,13-44H2,1-12H3. The van der Waals surface area contributed by atoms with Crippen molar-refractivity contribution in [2.45, 2.75) is 299 Å². The van der Waals surface area contributed by atoms with E-state index in [9.17, 15) is 0 Å². The minimum Gasteiger partial charge on any atom is -0.353 e. The normalized spacial score (nSPS) is 18.2. The molecule has 0 aromatic rings. The van der Waals surface area contributed by atoms with Crippen LogP contribution < -0.4 is 0 Å². The fraction of sp³-hybridized carbons (Fsp3) is 1.00. The van der Waals surface area contributed by atoms with Gasteiger partial charge in [0, 0.05) is 24.0 Å². The minimum absolute atomic E-state index is 0.174. The third-order valence-electron chi connectivity index (χ3n) is 13.5. The zero-order valence-electron chi connectivity index (χ0n) is 43.5. The van der Waals surface area contributed by atoms with Gasteiger partial charge in [0.25, 0.3) is 0 Å². The van der Waals surface area contributed by atoms with Gasteiger partial charge in [-0.3, -0.25) is 0 Å². The summed E-state index contributed by atoms with van der Waals surface area (Å²) in [4.78, 5) is 0. The number of halogens is 2. The molecule has 0 aliphatic heterocycles. The third-order valence-corrected chi connectivity index (χ3v) is 13.8. The zero-order valence-corrected chi connectivity index (χ0v) is 45.0. The van der Waals surface area contributed by atoms with Gasteiger partial charge < -0.3 is 14.2 Å². The Morgan fingerprint density at radius 3 is 0.852 bits per heavy atom. The van der Waals surface area contributed by atoms with Crippen molar-refractivity contribution in [3.05, 3.63) is 0 Å². The van der Waals surface area contributed by atoms with E-state index in [1.807, 2.05) is 0 Å². The summed E-state index contributed by atoms with van der Waals surface area (Å²) in [6.45, 7) is 30.0. The highest BCUT2D eigenvalue weighted by molar-refractivity contribution is 6.20. The van der Waals surface area contributed by atoms with Crippen LogP contribution in [0.5, 0.6) is 0 Å². The molecular weight excluding hydrogens is 792 g/mol. The van der Waals surface area contributed by atoms with Crippen molar-refractivity contribution in [3.63, 3.8) is 0 Å². The van der Waals surface area contributed by atoms with Crippen LogP contribution in [-0.2, 0) is 14.2 Å². The Labute approximate surface area is 395 Å². The molecule has 0 N–H and O–H groups in total. The molecule has 3 nitrogen and oxygen atoms in total. The Morgan fingerprint density at radius 1 is 0.295 bits per heavy atom. The van der Waals surface area contributed by atoms with Crippen LogP contribution in [0.1, 0.15) is 276 Å². The van der Waals surface area contributed by atoms with Crippen LogP contribution in [0.15, 0.2) is 0 Å². The van der Waals surface area contributed by atoms with Crippen LogP contribution >= 0.6 is 23.2 Å². The molecule has 0 saturated carbocycles. The summed E-state index contributed by atoms with van der Waals surface area (Å²) >= 11 is 12.6. The van der Waals surface area contributed by atoms with Crippen molar-refractivity contribution in [1.29, 1.82) is 0 Å². The SMILES string of the molecule is CCCCCCCCCCOC(CCCC(C)CC(C)CC(C)CC(C)CC(C)Cl)OC(CCCC(C)CC(C)CC(C)CC(C)CC(C)Cl)OCCCCCCCCCC. The predicted octanol–water partition coefficient (Wildman–Crippen LogP) is 19.8. The second-order valence-corrected chi connectivity index (χ2v) is 23.3. The lowest BCUT2D eigenvalue weighted by Gasteiger charge is -2.27. The smallest absolute Gasteiger partial charge is 0.160 e. The monoisotopic (exact) mass is 903 g/mol. The van der Waals surface area contributed by atoms with Crippen molar-refractivity contribution in [2.75, 3.05) is 13.2 Å². The Balaban J connectivity index is 5.37. The first kappa shape index (κ1) is 61.5. The van der Waals surface area contributed by atoms with Crippen LogP contribution in [0.3, 0.4) is 0 Å². The number of alkyl halides is 2. The molecule has 12 atom stereocenters. The maximum atomic E-state index is 6.89. The van der Waals surface area contributed by atoms with Crippen molar-refractivity contribution < 1.29 is 14.2 Å². The average molecular weight is 904 g/mol. The van der Waals surface area contributed by atoms with Crippen molar-refractivity contribution in [1.82, 2.24) is 0 Å². The molecule has 0 fully saturated rings. The summed E-state index contributed by atoms with van der Waals surface area (Å²) in [5.74, 6) is 5.89. The van der Waals surface area contributed by atoms with Gasteiger partial charge in [-0.05, 0) is 151 Å². The number of unbranched alkanes of at least 4 members (excludes halogenated alkanes) is 14. The van der Waals surface area contributed by atoms with E-state index in [2.05, 4.69) is 83.1 Å². The Morgan fingerprint density at radius 2 is 0.557 bits per heavy atom. The number of hydrogen-bond donors (Lipinski definition) is 0. The average Bonchev–Trinajstić information content (AvgIpc) is 3.15. The van der Waals surface area contributed by atoms with Crippen LogP contribution in [0, 0.1) is 47.3 Å². The van der Waals surface area contributed by atoms with Crippen molar-refractivity contribution >= 4 is 23.2 Å². The fourth-order valence-electron chi connectivity index (χ4n) is 10.8. The van der Waals surface area contributed by atoms with Crippen LogP contribution in [-0.4, -0.2) is 36.5 Å². The Kier molecular flexibility index (Phi) is 42.2. The number of hydrogen-bond acceptors (Lipinski definition) is 3. The van der Waals surface area contributed by atoms with E-state index in [1.165, 1.54) is 141 Å². The van der Waals surface area contributed by atoms with E-state index < -0.39 is 0 Å². The Bertz CT molecular complexity index is 829. The highest BCUT2D eigenvalue weighted by Crippen LogP contribution is 2.30. The van der Waals surface area contributed by atoms with Gasteiger partial charge in [0.1, 0.15) is 0 Å². The molecule has 5 heteroatoms. The van der Waals surface area contributed by atoms with Gasteiger partial charge in [-0.15, -0.1) is 23.2 Å². The van der Waals surface area contributed by atoms with E-state index in [0.29, 0.717) is 11.8 Å².